The summed E-state index contributed by atoms with van der Waals surface area (Å²) in [7, 11) is 2.86. The van der Waals surface area contributed by atoms with E-state index in [1.807, 2.05) is 13.8 Å². The summed E-state index contributed by atoms with van der Waals surface area (Å²) in [6.45, 7) is 5.89. The molecule has 13 heteroatoms. The van der Waals surface area contributed by atoms with Crippen LogP contribution in [0, 0.1) is 0 Å². The molecule has 214 valence electrons. The lowest BCUT2D eigenvalue weighted by atomic mass is 10.1. The van der Waals surface area contributed by atoms with Crippen LogP contribution in [0.3, 0.4) is 0 Å². The van der Waals surface area contributed by atoms with E-state index in [2.05, 4.69) is 19.9 Å². The second-order valence-electron chi connectivity index (χ2n) is 8.74. The number of pyridine rings is 2. The Bertz CT molecular complexity index is 1550. The zero-order valence-electron chi connectivity index (χ0n) is 23.1. The van der Waals surface area contributed by atoms with Gasteiger partial charge in [0.25, 0.3) is 17.1 Å². The van der Waals surface area contributed by atoms with Gasteiger partial charge in [0.1, 0.15) is 11.5 Å². The molecule has 4 rings (SSSR count). The molecule has 41 heavy (non-hydrogen) atoms. The fourth-order valence-electron chi connectivity index (χ4n) is 3.73. The van der Waals surface area contributed by atoms with Crippen molar-refractivity contribution >= 4 is 28.9 Å². The number of carbonyl (C=O) groups is 1. The first kappa shape index (κ1) is 29.4. The molecule has 3 aromatic heterocycles. The van der Waals surface area contributed by atoms with Crippen LogP contribution in [0.5, 0.6) is 23.1 Å². The molecule has 0 radical (unpaired) electrons. The molecule has 0 aliphatic heterocycles. The minimum Gasteiger partial charge on any atom is -0.493 e. The molecule has 0 saturated heterocycles. The third-order valence-corrected chi connectivity index (χ3v) is 6.46. The smallest absolute Gasteiger partial charge is 0.356 e. The van der Waals surface area contributed by atoms with Gasteiger partial charge in [-0.25, -0.2) is 24.0 Å². The summed E-state index contributed by atoms with van der Waals surface area (Å²) in [5, 5.41) is 0. The van der Waals surface area contributed by atoms with E-state index in [0.29, 0.717) is 11.3 Å². The van der Waals surface area contributed by atoms with Gasteiger partial charge in [-0.2, -0.15) is 9.29 Å². The van der Waals surface area contributed by atoms with Crippen molar-refractivity contribution < 1.29 is 32.5 Å². The van der Waals surface area contributed by atoms with Crippen molar-refractivity contribution in [2.45, 2.75) is 26.7 Å². The maximum Gasteiger partial charge on any atom is 0.356 e. The first-order valence-corrected chi connectivity index (χ1v) is 13.6. The predicted molar refractivity (Wildman–Crippen MR) is 152 cm³/mol. The van der Waals surface area contributed by atoms with Crippen LogP contribution in [0.15, 0.2) is 60.9 Å². The Hall–Kier alpha value is -4.62. The van der Waals surface area contributed by atoms with Gasteiger partial charge in [0.15, 0.2) is 23.1 Å². The number of aromatic nitrogens is 4. The maximum atomic E-state index is 12.9. The summed E-state index contributed by atoms with van der Waals surface area (Å²) in [5.74, 6) is 0.181. The molecule has 1 N–H and O–H groups in total. The summed E-state index contributed by atoms with van der Waals surface area (Å²) in [6, 6.07) is 13.3. The zero-order valence-corrected chi connectivity index (χ0v) is 23.9. The monoisotopic (exact) mass is 579 g/mol. The molecule has 1 aromatic carbocycles. The highest BCUT2D eigenvalue weighted by atomic mass is 32.2. The minimum absolute atomic E-state index is 0.0383. The lowest BCUT2D eigenvalue weighted by molar-refractivity contribution is 0.0519. The number of para-hydroxylation sites is 2. The molecule has 0 aliphatic carbocycles. The maximum absolute atomic E-state index is 12.9. The van der Waals surface area contributed by atoms with Crippen LogP contribution in [0.4, 0.5) is 11.6 Å². The van der Waals surface area contributed by atoms with Gasteiger partial charge >= 0.3 is 5.97 Å². The fourth-order valence-corrected chi connectivity index (χ4v) is 4.27. The standard InChI is InChI=1S/C28H29N5O7S/c1-6-39-28(34)20-15-18(13-14-29-20)25-31-26(33(41(35)36)23-12-11-19(16-30-23)17(2)3)24(27(32-25)38-5)40-22-10-8-7-9-21(22)37-4/h7-17H,6H2,1-5H3,(H,35,36). The van der Waals surface area contributed by atoms with Crippen LogP contribution < -0.4 is 18.5 Å². The van der Waals surface area contributed by atoms with Gasteiger partial charge in [-0.15, -0.1) is 0 Å². The SMILES string of the molecule is CCOC(=O)c1cc(-c2nc(OC)c(Oc3ccccc3OC)c(N(c3ccc(C(C)C)cn3)S(=O)O)n2)ccn1. The summed E-state index contributed by atoms with van der Waals surface area (Å²) in [6.07, 6.45) is 3.03. The van der Waals surface area contributed by atoms with Crippen molar-refractivity contribution in [1.29, 1.82) is 0 Å². The minimum atomic E-state index is -2.66. The van der Waals surface area contributed by atoms with Crippen LogP contribution in [-0.4, -0.2) is 55.5 Å². The number of carbonyl (C=O) groups excluding carboxylic acids is 1. The van der Waals surface area contributed by atoms with E-state index in [0.717, 1.165) is 9.87 Å². The van der Waals surface area contributed by atoms with Crippen LogP contribution in [0.2, 0.25) is 0 Å². The average molecular weight is 580 g/mol. The van der Waals surface area contributed by atoms with Gasteiger partial charge in [-0.1, -0.05) is 32.0 Å². The molecule has 1 atom stereocenters. The van der Waals surface area contributed by atoms with E-state index in [1.165, 1.54) is 26.5 Å². The Labute approximate surface area is 239 Å². The molecule has 0 fully saturated rings. The Morgan fingerprint density at radius 1 is 1.02 bits per heavy atom. The van der Waals surface area contributed by atoms with E-state index in [-0.39, 0.29) is 53.1 Å². The zero-order chi connectivity index (χ0) is 29.5. The topological polar surface area (TPSA) is 146 Å². The molecule has 0 bridgehead atoms. The van der Waals surface area contributed by atoms with Crippen molar-refractivity contribution in [3.8, 4) is 34.5 Å². The largest absolute Gasteiger partial charge is 0.493 e. The molecule has 0 saturated carbocycles. The second-order valence-corrected chi connectivity index (χ2v) is 9.57. The molecule has 3 heterocycles. The Kier molecular flexibility index (Phi) is 9.42. The Balaban J connectivity index is 1.95. The predicted octanol–water partition coefficient (Wildman–Crippen LogP) is 5.32. The van der Waals surface area contributed by atoms with Gasteiger partial charge in [-0.05, 0) is 48.7 Å². The van der Waals surface area contributed by atoms with Crippen LogP contribution >= 0.6 is 0 Å². The van der Waals surface area contributed by atoms with Crippen molar-refractivity contribution in [3.63, 3.8) is 0 Å². The lowest BCUT2D eigenvalue weighted by Crippen LogP contribution is -2.23. The van der Waals surface area contributed by atoms with Crippen molar-refractivity contribution in [2.24, 2.45) is 0 Å². The van der Waals surface area contributed by atoms with Crippen molar-refractivity contribution in [1.82, 2.24) is 19.9 Å². The quantitative estimate of drug-likeness (QED) is 0.182. The van der Waals surface area contributed by atoms with Crippen LogP contribution in [-0.2, 0) is 16.0 Å². The highest BCUT2D eigenvalue weighted by molar-refractivity contribution is 7.81. The number of rotatable bonds is 11. The van der Waals surface area contributed by atoms with Crippen molar-refractivity contribution in [3.05, 3.63) is 72.2 Å². The van der Waals surface area contributed by atoms with Gasteiger partial charge in [-0.3, -0.25) is 4.55 Å². The number of esters is 1. The molecule has 4 aromatic rings. The molecule has 0 amide bonds. The third kappa shape index (κ3) is 6.58. The van der Waals surface area contributed by atoms with E-state index in [9.17, 15) is 13.6 Å². The molecule has 0 aliphatic rings. The van der Waals surface area contributed by atoms with Crippen molar-refractivity contribution in [2.75, 3.05) is 25.1 Å². The third-order valence-electron chi connectivity index (χ3n) is 5.79. The van der Waals surface area contributed by atoms with Gasteiger partial charge in [0.2, 0.25) is 5.75 Å². The van der Waals surface area contributed by atoms with Gasteiger partial charge in [0.05, 0.1) is 20.8 Å². The number of benzene rings is 1. The molecule has 1 unspecified atom stereocenters. The molecular weight excluding hydrogens is 550 g/mol. The van der Waals surface area contributed by atoms with E-state index >= 15 is 0 Å². The average Bonchev–Trinajstić information content (AvgIpc) is 2.98. The summed E-state index contributed by atoms with van der Waals surface area (Å²) >= 11 is -2.66. The number of hydrogen-bond donors (Lipinski definition) is 1. The lowest BCUT2D eigenvalue weighted by Gasteiger charge is -2.23. The van der Waals surface area contributed by atoms with E-state index in [1.54, 1.807) is 55.6 Å². The molecule has 0 spiro atoms. The number of hydrogen-bond acceptors (Lipinski definition) is 10. The molecular formula is C28H29N5O7S. The fraction of sp³-hybridized carbons (Fsp3) is 0.250. The Morgan fingerprint density at radius 3 is 2.39 bits per heavy atom. The number of ether oxygens (including phenoxy) is 4. The highest BCUT2D eigenvalue weighted by Crippen LogP contribution is 2.44. The van der Waals surface area contributed by atoms with Gasteiger partial charge < -0.3 is 18.9 Å². The van der Waals surface area contributed by atoms with Gasteiger partial charge in [0, 0.05) is 18.0 Å². The number of nitrogens with zero attached hydrogens (tertiary/aromatic N) is 5. The normalized spacial score (nSPS) is 11.6. The van der Waals surface area contributed by atoms with E-state index in [4.69, 9.17) is 18.9 Å². The number of anilines is 2. The van der Waals surface area contributed by atoms with Crippen LogP contribution in [0.1, 0.15) is 42.7 Å². The number of methoxy groups -OCH3 is 2. The summed E-state index contributed by atoms with van der Waals surface area (Å²) in [5.41, 5.74) is 1.35. The Morgan fingerprint density at radius 2 is 1.78 bits per heavy atom. The van der Waals surface area contributed by atoms with E-state index < -0.39 is 17.2 Å². The summed E-state index contributed by atoms with van der Waals surface area (Å²) < 4.78 is 46.6. The first-order chi connectivity index (χ1) is 19.8. The highest BCUT2D eigenvalue weighted by Gasteiger charge is 2.29. The second kappa shape index (κ2) is 13.2. The summed E-state index contributed by atoms with van der Waals surface area (Å²) in [4.78, 5) is 29.9. The van der Waals surface area contributed by atoms with Crippen LogP contribution in [0.25, 0.3) is 11.4 Å². The first-order valence-electron chi connectivity index (χ1n) is 12.5. The molecule has 12 nitrogen and oxygen atoms in total.